The number of hydrogen-bond donors (Lipinski definition) is 1. The number of aliphatic hydroxyl groups excluding tert-OH is 1. The molecule has 0 saturated carbocycles. The molecule has 0 aliphatic heterocycles. The minimum Gasteiger partial charge on any atom is -0.463 e. The molecule has 0 radical (unpaired) electrons. The van der Waals surface area contributed by atoms with Gasteiger partial charge in [0, 0.05) is 12.8 Å². The van der Waals surface area contributed by atoms with Crippen LogP contribution in [0, 0.1) is 0 Å². The first-order valence-corrected chi connectivity index (χ1v) is 18.6. The standard InChI is InChI=1S/C37H72O5/c1-3-5-7-9-11-13-15-16-17-18-19-20-21-22-24-26-28-30-32-37(40)42-34-35(38)33-41-36(39)31-29-27-25-23-14-12-10-8-6-4-2/h35,38H,3-34H2,1-2H3/t35-/m1/s1. The van der Waals surface area contributed by atoms with Gasteiger partial charge in [0.15, 0.2) is 0 Å². The first kappa shape index (κ1) is 40.9. The Labute approximate surface area is 261 Å². The Morgan fingerprint density at radius 3 is 0.857 bits per heavy atom. The Morgan fingerprint density at radius 2 is 0.619 bits per heavy atom. The van der Waals surface area contributed by atoms with Gasteiger partial charge in [-0.05, 0) is 12.8 Å². The van der Waals surface area contributed by atoms with Gasteiger partial charge in [0.05, 0.1) is 0 Å². The molecule has 0 rings (SSSR count). The molecule has 0 aromatic carbocycles. The number of carbonyl (C=O) groups excluding carboxylic acids is 2. The smallest absolute Gasteiger partial charge is 0.305 e. The van der Waals surface area contributed by atoms with Gasteiger partial charge in [0.25, 0.3) is 0 Å². The molecule has 0 aliphatic carbocycles. The highest BCUT2D eigenvalue weighted by atomic mass is 16.6. The number of unbranched alkanes of at least 4 members (excludes halogenated alkanes) is 26. The normalized spacial score (nSPS) is 12.0. The molecule has 1 atom stereocenters. The van der Waals surface area contributed by atoms with Gasteiger partial charge >= 0.3 is 11.9 Å². The van der Waals surface area contributed by atoms with Crippen LogP contribution in [-0.2, 0) is 19.1 Å². The highest BCUT2D eigenvalue weighted by Crippen LogP contribution is 2.15. The fourth-order valence-corrected chi connectivity index (χ4v) is 5.50. The second-order valence-corrected chi connectivity index (χ2v) is 12.7. The van der Waals surface area contributed by atoms with Crippen LogP contribution in [0.4, 0.5) is 0 Å². The third-order valence-corrected chi connectivity index (χ3v) is 8.34. The fourth-order valence-electron chi connectivity index (χ4n) is 5.50. The largest absolute Gasteiger partial charge is 0.463 e. The van der Waals surface area contributed by atoms with Crippen molar-refractivity contribution >= 4 is 11.9 Å². The second kappa shape index (κ2) is 34.4. The zero-order valence-electron chi connectivity index (χ0n) is 28.3. The third kappa shape index (κ3) is 33.4. The van der Waals surface area contributed by atoms with Crippen LogP contribution in [0.15, 0.2) is 0 Å². The van der Waals surface area contributed by atoms with Crippen molar-refractivity contribution in [2.75, 3.05) is 13.2 Å². The summed E-state index contributed by atoms with van der Waals surface area (Å²) in [5, 5.41) is 9.97. The molecule has 250 valence electrons. The molecular formula is C37H72O5. The summed E-state index contributed by atoms with van der Waals surface area (Å²) < 4.78 is 10.3. The molecule has 0 amide bonds. The molecule has 0 heterocycles. The molecule has 1 N–H and O–H groups in total. The molecule has 0 unspecified atom stereocenters. The molecule has 0 spiro atoms. The van der Waals surface area contributed by atoms with Gasteiger partial charge in [-0.1, -0.05) is 181 Å². The summed E-state index contributed by atoms with van der Waals surface area (Å²) in [7, 11) is 0. The summed E-state index contributed by atoms with van der Waals surface area (Å²) in [4.78, 5) is 23.8. The van der Waals surface area contributed by atoms with Gasteiger partial charge in [0.1, 0.15) is 19.3 Å². The van der Waals surface area contributed by atoms with Crippen LogP contribution in [0.3, 0.4) is 0 Å². The van der Waals surface area contributed by atoms with Crippen LogP contribution in [0.25, 0.3) is 0 Å². The van der Waals surface area contributed by atoms with E-state index in [1.807, 2.05) is 0 Å². The third-order valence-electron chi connectivity index (χ3n) is 8.34. The minimum atomic E-state index is -0.953. The number of aliphatic hydroxyl groups is 1. The Hall–Kier alpha value is -1.10. The zero-order valence-corrected chi connectivity index (χ0v) is 28.3. The Kier molecular flexibility index (Phi) is 33.5. The Morgan fingerprint density at radius 1 is 0.405 bits per heavy atom. The summed E-state index contributed by atoms with van der Waals surface area (Å²) in [6.07, 6.45) is 35.9. The van der Waals surface area contributed by atoms with Crippen molar-refractivity contribution in [2.24, 2.45) is 0 Å². The highest BCUT2D eigenvalue weighted by molar-refractivity contribution is 5.69. The quantitative estimate of drug-likeness (QED) is 0.0591. The number of ether oxygens (including phenoxy) is 2. The van der Waals surface area contributed by atoms with E-state index in [9.17, 15) is 14.7 Å². The van der Waals surface area contributed by atoms with Gasteiger partial charge in [-0.25, -0.2) is 0 Å². The molecular weight excluding hydrogens is 524 g/mol. The average Bonchev–Trinajstić information content (AvgIpc) is 2.99. The molecule has 0 saturated heterocycles. The number of carbonyl (C=O) groups is 2. The molecule has 5 heteroatoms. The predicted molar refractivity (Wildman–Crippen MR) is 178 cm³/mol. The maximum Gasteiger partial charge on any atom is 0.305 e. The summed E-state index contributed by atoms with van der Waals surface area (Å²) in [5.74, 6) is -0.555. The lowest BCUT2D eigenvalue weighted by molar-refractivity contribution is -0.152. The Bertz CT molecular complexity index is 564. The summed E-state index contributed by atoms with van der Waals surface area (Å²) in [5.41, 5.74) is 0. The highest BCUT2D eigenvalue weighted by Gasteiger charge is 2.12. The molecule has 0 bridgehead atoms. The van der Waals surface area contributed by atoms with Crippen LogP contribution in [0.2, 0.25) is 0 Å². The number of esters is 2. The molecule has 0 aliphatic rings. The molecule has 0 aromatic rings. The fraction of sp³-hybridized carbons (Fsp3) is 0.946. The van der Waals surface area contributed by atoms with E-state index in [2.05, 4.69) is 13.8 Å². The van der Waals surface area contributed by atoms with Gasteiger partial charge < -0.3 is 14.6 Å². The van der Waals surface area contributed by atoms with E-state index in [1.165, 1.54) is 154 Å². The summed E-state index contributed by atoms with van der Waals surface area (Å²) in [6, 6.07) is 0. The van der Waals surface area contributed by atoms with Crippen molar-refractivity contribution in [3.05, 3.63) is 0 Å². The maximum atomic E-state index is 11.9. The predicted octanol–water partition coefficient (Wildman–Crippen LogP) is 11.2. The number of rotatable bonds is 34. The van der Waals surface area contributed by atoms with Crippen LogP contribution >= 0.6 is 0 Å². The molecule has 0 fully saturated rings. The van der Waals surface area contributed by atoms with Gasteiger partial charge in [-0.15, -0.1) is 0 Å². The first-order chi connectivity index (χ1) is 20.6. The lowest BCUT2D eigenvalue weighted by Gasteiger charge is -2.12. The van der Waals surface area contributed by atoms with Crippen LogP contribution < -0.4 is 0 Å². The van der Waals surface area contributed by atoms with E-state index in [0.29, 0.717) is 12.8 Å². The van der Waals surface area contributed by atoms with Crippen molar-refractivity contribution in [1.82, 2.24) is 0 Å². The van der Waals surface area contributed by atoms with Crippen LogP contribution in [0.1, 0.15) is 206 Å². The van der Waals surface area contributed by atoms with E-state index in [4.69, 9.17) is 9.47 Å². The number of hydrogen-bond acceptors (Lipinski definition) is 5. The lowest BCUT2D eigenvalue weighted by Crippen LogP contribution is -2.25. The van der Waals surface area contributed by atoms with Crippen LogP contribution in [0.5, 0.6) is 0 Å². The molecule has 5 nitrogen and oxygen atoms in total. The van der Waals surface area contributed by atoms with Crippen molar-refractivity contribution in [3.8, 4) is 0 Å². The zero-order chi connectivity index (χ0) is 30.8. The van der Waals surface area contributed by atoms with E-state index in [0.717, 1.165) is 25.7 Å². The first-order valence-electron chi connectivity index (χ1n) is 18.6. The van der Waals surface area contributed by atoms with Gasteiger partial charge in [-0.3, -0.25) is 9.59 Å². The lowest BCUT2D eigenvalue weighted by atomic mass is 10.0. The van der Waals surface area contributed by atoms with Crippen molar-refractivity contribution in [3.63, 3.8) is 0 Å². The maximum absolute atomic E-state index is 11.9. The topological polar surface area (TPSA) is 72.8 Å². The van der Waals surface area contributed by atoms with E-state index in [-0.39, 0.29) is 25.2 Å². The van der Waals surface area contributed by atoms with Crippen molar-refractivity contribution in [1.29, 1.82) is 0 Å². The SMILES string of the molecule is CCCCCCCCCCCCCCCCCCCCC(=O)OC[C@H](O)COC(=O)CCCCCCCCCCCC. The van der Waals surface area contributed by atoms with Gasteiger partial charge in [0.2, 0.25) is 0 Å². The van der Waals surface area contributed by atoms with Crippen molar-refractivity contribution < 1.29 is 24.2 Å². The molecule has 42 heavy (non-hydrogen) atoms. The van der Waals surface area contributed by atoms with Crippen molar-refractivity contribution in [2.45, 2.75) is 213 Å². The average molecular weight is 597 g/mol. The second-order valence-electron chi connectivity index (χ2n) is 12.7. The monoisotopic (exact) mass is 597 g/mol. The minimum absolute atomic E-state index is 0.108. The van der Waals surface area contributed by atoms with E-state index in [1.54, 1.807) is 0 Å². The Balaban J connectivity index is 3.36. The van der Waals surface area contributed by atoms with Gasteiger partial charge in [-0.2, -0.15) is 0 Å². The van der Waals surface area contributed by atoms with Crippen LogP contribution in [-0.4, -0.2) is 36.4 Å². The summed E-state index contributed by atoms with van der Waals surface area (Å²) >= 11 is 0. The van der Waals surface area contributed by atoms with E-state index >= 15 is 0 Å². The van der Waals surface area contributed by atoms with E-state index < -0.39 is 6.10 Å². The summed E-state index contributed by atoms with van der Waals surface area (Å²) in [6.45, 7) is 4.30. The molecule has 0 aromatic heterocycles.